The van der Waals surface area contributed by atoms with Gasteiger partial charge < -0.3 is 10.2 Å². The number of nitrogens with one attached hydrogen (secondary N) is 2. The van der Waals surface area contributed by atoms with Crippen LogP contribution in [0.4, 0.5) is 0 Å². The molecule has 0 bridgehead atoms. The van der Waals surface area contributed by atoms with Crippen molar-refractivity contribution in [1.82, 2.24) is 20.4 Å². The van der Waals surface area contributed by atoms with E-state index in [9.17, 15) is 9.59 Å². The summed E-state index contributed by atoms with van der Waals surface area (Å²) in [4.78, 5) is 25.1. The SMILES string of the molecule is CNCC1CCCCN1C(=O)c1ccc(=O)[nH]n1. The molecule has 1 aliphatic rings. The maximum Gasteiger partial charge on any atom is 0.274 e. The lowest BCUT2D eigenvalue weighted by Crippen LogP contribution is -2.48. The summed E-state index contributed by atoms with van der Waals surface area (Å²) in [6.07, 6.45) is 3.18. The lowest BCUT2D eigenvalue weighted by molar-refractivity contribution is 0.0607. The minimum absolute atomic E-state index is 0.105. The number of likely N-dealkylation sites (N-methyl/N-ethyl adjacent to an activating group) is 1. The largest absolute Gasteiger partial charge is 0.333 e. The Balaban J connectivity index is 2.15. The van der Waals surface area contributed by atoms with Crippen LogP contribution in [-0.4, -0.2) is 47.2 Å². The van der Waals surface area contributed by atoms with Crippen LogP contribution in [0.25, 0.3) is 0 Å². The number of aromatic amines is 1. The molecule has 6 nitrogen and oxygen atoms in total. The summed E-state index contributed by atoms with van der Waals surface area (Å²) >= 11 is 0. The molecule has 1 aromatic rings. The second-order valence-corrected chi connectivity index (χ2v) is 4.51. The summed E-state index contributed by atoms with van der Waals surface area (Å²) in [5, 5.41) is 9.21. The van der Waals surface area contributed by atoms with Crippen LogP contribution in [-0.2, 0) is 0 Å². The Bertz CT molecular complexity index is 449. The van der Waals surface area contributed by atoms with Gasteiger partial charge in [-0.1, -0.05) is 0 Å². The van der Waals surface area contributed by atoms with E-state index in [-0.39, 0.29) is 17.5 Å². The van der Waals surface area contributed by atoms with Crippen molar-refractivity contribution in [2.45, 2.75) is 25.3 Å². The highest BCUT2D eigenvalue weighted by Gasteiger charge is 2.27. The Labute approximate surface area is 105 Å². The number of H-pyrrole nitrogens is 1. The van der Waals surface area contributed by atoms with E-state index in [2.05, 4.69) is 15.5 Å². The molecule has 2 heterocycles. The number of hydrogen-bond donors (Lipinski definition) is 2. The average Bonchev–Trinajstić information content (AvgIpc) is 2.40. The van der Waals surface area contributed by atoms with Crippen molar-refractivity contribution in [3.63, 3.8) is 0 Å². The van der Waals surface area contributed by atoms with E-state index in [1.54, 1.807) is 0 Å². The topological polar surface area (TPSA) is 78.1 Å². The van der Waals surface area contributed by atoms with Crippen LogP contribution in [0.3, 0.4) is 0 Å². The van der Waals surface area contributed by atoms with Gasteiger partial charge in [-0.2, -0.15) is 5.10 Å². The number of rotatable bonds is 3. The van der Waals surface area contributed by atoms with Gasteiger partial charge in [0, 0.05) is 25.2 Å². The number of piperidine rings is 1. The number of likely N-dealkylation sites (tertiary alicyclic amines) is 1. The highest BCUT2D eigenvalue weighted by Crippen LogP contribution is 2.18. The Kier molecular flexibility index (Phi) is 4.09. The van der Waals surface area contributed by atoms with Gasteiger partial charge in [0.15, 0.2) is 0 Å². The van der Waals surface area contributed by atoms with Crippen molar-refractivity contribution in [1.29, 1.82) is 0 Å². The number of carbonyl (C=O) groups is 1. The van der Waals surface area contributed by atoms with Gasteiger partial charge in [-0.3, -0.25) is 9.59 Å². The summed E-state index contributed by atoms with van der Waals surface area (Å²) in [6, 6.07) is 3.02. The van der Waals surface area contributed by atoms with Crippen LogP contribution >= 0.6 is 0 Å². The first-order chi connectivity index (χ1) is 8.72. The van der Waals surface area contributed by atoms with E-state index in [0.717, 1.165) is 32.4 Å². The molecule has 0 aromatic carbocycles. The molecule has 0 radical (unpaired) electrons. The average molecular weight is 250 g/mol. The Morgan fingerprint density at radius 3 is 3.06 bits per heavy atom. The zero-order valence-corrected chi connectivity index (χ0v) is 10.5. The van der Waals surface area contributed by atoms with Crippen LogP contribution in [0.15, 0.2) is 16.9 Å². The Morgan fingerprint density at radius 1 is 1.56 bits per heavy atom. The summed E-state index contributed by atoms with van der Waals surface area (Å²) in [7, 11) is 1.88. The third kappa shape index (κ3) is 2.76. The van der Waals surface area contributed by atoms with Gasteiger partial charge in [0.2, 0.25) is 0 Å². The predicted molar refractivity (Wildman–Crippen MR) is 67.5 cm³/mol. The van der Waals surface area contributed by atoms with Crippen molar-refractivity contribution >= 4 is 5.91 Å². The second-order valence-electron chi connectivity index (χ2n) is 4.51. The van der Waals surface area contributed by atoms with Gasteiger partial charge in [0.05, 0.1) is 0 Å². The molecular formula is C12H18N4O2. The van der Waals surface area contributed by atoms with E-state index >= 15 is 0 Å². The van der Waals surface area contributed by atoms with Gasteiger partial charge in [-0.15, -0.1) is 0 Å². The molecule has 1 aliphatic heterocycles. The fraction of sp³-hybridized carbons (Fsp3) is 0.583. The molecule has 98 valence electrons. The molecule has 1 aromatic heterocycles. The van der Waals surface area contributed by atoms with E-state index in [1.165, 1.54) is 12.1 Å². The summed E-state index contributed by atoms with van der Waals surface area (Å²) in [6.45, 7) is 1.54. The first kappa shape index (κ1) is 12.8. The van der Waals surface area contributed by atoms with Gasteiger partial charge >= 0.3 is 0 Å². The molecule has 1 atom stereocenters. The minimum atomic E-state index is -0.294. The third-order valence-corrected chi connectivity index (χ3v) is 3.23. The number of hydrogen-bond acceptors (Lipinski definition) is 4. The number of nitrogens with zero attached hydrogens (tertiary/aromatic N) is 2. The van der Waals surface area contributed by atoms with Gasteiger partial charge in [0.1, 0.15) is 5.69 Å². The normalized spacial score (nSPS) is 19.8. The first-order valence-electron chi connectivity index (χ1n) is 6.23. The lowest BCUT2D eigenvalue weighted by Gasteiger charge is -2.35. The van der Waals surface area contributed by atoms with Gasteiger partial charge in [-0.05, 0) is 32.4 Å². The lowest BCUT2D eigenvalue weighted by atomic mass is 10.0. The third-order valence-electron chi connectivity index (χ3n) is 3.23. The van der Waals surface area contributed by atoms with Gasteiger partial charge in [-0.25, -0.2) is 5.10 Å². The molecule has 0 aliphatic carbocycles. The quantitative estimate of drug-likeness (QED) is 0.790. The van der Waals surface area contributed by atoms with E-state index in [1.807, 2.05) is 11.9 Å². The zero-order valence-electron chi connectivity index (χ0n) is 10.5. The summed E-state index contributed by atoms with van der Waals surface area (Å²) in [5.41, 5.74) is 0.00886. The number of aromatic nitrogens is 2. The van der Waals surface area contributed by atoms with E-state index in [0.29, 0.717) is 5.69 Å². The molecule has 1 saturated heterocycles. The van der Waals surface area contributed by atoms with Crippen LogP contribution in [0, 0.1) is 0 Å². The molecule has 0 spiro atoms. The van der Waals surface area contributed by atoms with Crippen LogP contribution in [0.2, 0.25) is 0 Å². The molecule has 2 rings (SSSR count). The van der Waals surface area contributed by atoms with Crippen molar-refractivity contribution in [2.24, 2.45) is 0 Å². The molecule has 0 saturated carbocycles. The molecule has 6 heteroatoms. The first-order valence-corrected chi connectivity index (χ1v) is 6.23. The number of carbonyl (C=O) groups excluding carboxylic acids is 1. The highest BCUT2D eigenvalue weighted by molar-refractivity contribution is 5.92. The van der Waals surface area contributed by atoms with Crippen LogP contribution < -0.4 is 10.9 Å². The summed E-state index contributed by atoms with van der Waals surface area (Å²) < 4.78 is 0. The van der Waals surface area contributed by atoms with E-state index < -0.39 is 0 Å². The minimum Gasteiger partial charge on any atom is -0.333 e. The van der Waals surface area contributed by atoms with Crippen molar-refractivity contribution in [3.05, 3.63) is 28.2 Å². The van der Waals surface area contributed by atoms with Crippen molar-refractivity contribution < 1.29 is 4.79 Å². The van der Waals surface area contributed by atoms with Crippen molar-refractivity contribution in [3.8, 4) is 0 Å². The monoisotopic (exact) mass is 250 g/mol. The fourth-order valence-electron chi connectivity index (χ4n) is 2.33. The fourth-order valence-corrected chi connectivity index (χ4v) is 2.33. The molecule has 18 heavy (non-hydrogen) atoms. The molecule has 1 unspecified atom stereocenters. The second kappa shape index (κ2) is 5.77. The standard InChI is InChI=1S/C12H18N4O2/c1-13-8-9-4-2-3-7-16(9)12(18)10-5-6-11(17)15-14-10/h5-6,9,13H,2-4,7-8H2,1H3,(H,15,17). The van der Waals surface area contributed by atoms with Crippen LogP contribution in [0.1, 0.15) is 29.8 Å². The molecule has 2 N–H and O–H groups in total. The molecular weight excluding hydrogens is 232 g/mol. The Hall–Kier alpha value is -1.69. The summed E-state index contributed by atoms with van der Waals surface area (Å²) in [5.74, 6) is -0.105. The Morgan fingerprint density at radius 2 is 2.39 bits per heavy atom. The van der Waals surface area contributed by atoms with Crippen LogP contribution in [0.5, 0.6) is 0 Å². The van der Waals surface area contributed by atoms with Crippen molar-refractivity contribution in [2.75, 3.05) is 20.1 Å². The molecule has 1 fully saturated rings. The predicted octanol–water partition coefficient (Wildman–Crippen LogP) is -0.0160. The maximum atomic E-state index is 12.3. The van der Waals surface area contributed by atoms with E-state index in [4.69, 9.17) is 0 Å². The highest BCUT2D eigenvalue weighted by atomic mass is 16.2. The maximum absolute atomic E-state index is 12.3. The number of amides is 1. The molecule has 1 amide bonds. The smallest absolute Gasteiger partial charge is 0.274 e. The van der Waals surface area contributed by atoms with Gasteiger partial charge in [0.25, 0.3) is 11.5 Å². The zero-order chi connectivity index (χ0) is 13.0.